The predicted molar refractivity (Wildman–Crippen MR) is 113 cm³/mol. The SMILES string of the molecule is CC(C(=O)Nc1cccc2c(=O)n(C3CCNC3)ccc12)c1ccc(Cl)cc1. The van der Waals surface area contributed by atoms with Gasteiger partial charge < -0.3 is 15.2 Å². The number of amides is 1. The molecular formula is C22H22ClN3O2. The van der Waals surface area contributed by atoms with Gasteiger partial charge in [-0.1, -0.05) is 29.8 Å². The van der Waals surface area contributed by atoms with E-state index in [0.29, 0.717) is 16.1 Å². The minimum absolute atomic E-state index is 0.0203. The lowest BCUT2D eigenvalue weighted by Gasteiger charge is -2.16. The highest BCUT2D eigenvalue weighted by Crippen LogP contribution is 2.25. The molecule has 6 heteroatoms. The first kappa shape index (κ1) is 18.7. The van der Waals surface area contributed by atoms with E-state index in [9.17, 15) is 9.59 Å². The molecule has 2 aromatic carbocycles. The Morgan fingerprint density at radius 1 is 1.18 bits per heavy atom. The molecule has 1 amide bonds. The monoisotopic (exact) mass is 395 g/mol. The summed E-state index contributed by atoms with van der Waals surface area (Å²) < 4.78 is 1.80. The number of carbonyl (C=O) groups excluding carboxylic acids is 1. The van der Waals surface area contributed by atoms with Crippen LogP contribution in [0.2, 0.25) is 5.02 Å². The van der Waals surface area contributed by atoms with Gasteiger partial charge in [0.05, 0.1) is 12.0 Å². The molecule has 5 nitrogen and oxygen atoms in total. The van der Waals surface area contributed by atoms with E-state index in [1.165, 1.54) is 0 Å². The van der Waals surface area contributed by atoms with Crippen molar-refractivity contribution in [1.29, 1.82) is 0 Å². The van der Waals surface area contributed by atoms with Gasteiger partial charge in [-0.15, -0.1) is 0 Å². The number of halogens is 1. The number of pyridine rings is 1. The van der Waals surface area contributed by atoms with Gasteiger partial charge >= 0.3 is 0 Å². The molecule has 2 heterocycles. The fourth-order valence-electron chi connectivity index (χ4n) is 3.71. The Balaban J connectivity index is 1.63. The summed E-state index contributed by atoms with van der Waals surface area (Å²) in [6, 6.07) is 14.8. The summed E-state index contributed by atoms with van der Waals surface area (Å²) in [6.07, 6.45) is 2.78. The van der Waals surface area contributed by atoms with Crippen LogP contribution in [-0.4, -0.2) is 23.6 Å². The van der Waals surface area contributed by atoms with E-state index in [1.54, 1.807) is 16.7 Å². The molecule has 144 valence electrons. The maximum Gasteiger partial charge on any atom is 0.258 e. The van der Waals surface area contributed by atoms with E-state index >= 15 is 0 Å². The molecule has 1 fully saturated rings. The largest absolute Gasteiger partial charge is 0.325 e. The molecular weight excluding hydrogens is 374 g/mol. The van der Waals surface area contributed by atoms with Gasteiger partial charge in [-0.2, -0.15) is 0 Å². The Hall–Kier alpha value is -2.63. The van der Waals surface area contributed by atoms with E-state index in [-0.39, 0.29) is 23.4 Å². The Bertz CT molecular complexity index is 1070. The van der Waals surface area contributed by atoms with Crippen molar-refractivity contribution in [3.63, 3.8) is 0 Å². The predicted octanol–water partition coefficient (Wildman–Crippen LogP) is 3.93. The standard InChI is InChI=1S/C22H22ClN3O2/c1-14(15-5-7-16(23)8-6-15)21(27)25-20-4-2-3-19-18(20)10-12-26(22(19)28)17-9-11-24-13-17/h2-8,10,12,14,17,24H,9,11,13H2,1H3,(H,25,27). The molecule has 1 aromatic heterocycles. The normalized spacial score (nSPS) is 17.6. The van der Waals surface area contributed by atoms with Crippen molar-refractivity contribution < 1.29 is 4.79 Å². The molecule has 2 unspecified atom stereocenters. The second kappa shape index (κ2) is 7.78. The second-order valence-corrected chi connectivity index (χ2v) is 7.64. The summed E-state index contributed by atoms with van der Waals surface area (Å²) in [5, 5.41) is 8.28. The first-order valence-electron chi connectivity index (χ1n) is 9.45. The zero-order chi connectivity index (χ0) is 19.7. The molecule has 4 rings (SSSR count). The van der Waals surface area contributed by atoms with Gasteiger partial charge in [0.2, 0.25) is 5.91 Å². The van der Waals surface area contributed by atoms with Crippen LogP contribution in [0, 0.1) is 0 Å². The second-order valence-electron chi connectivity index (χ2n) is 7.20. The third-order valence-corrected chi connectivity index (χ3v) is 5.67. The number of anilines is 1. The highest BCUT2D eigenvalue weighted by molar-refractivity contribution is 6.30. The number of benzene rings is 2. The highest BCUT2D eigenvalue weighted by atomic mass is 35.5. The molecule has 1 aliphatic rings. The lowest BCUT2D eigenvalue weighted by Crippen LogP contribution is -2.26. The third kappa shape index (κ3) is 3.55. The van der Waals surface area contributed by atoms with Crippen LogP contribution in [-0.2, 0) is 4.79 Å². The lowest BCUT2D eigenvalue weighted by molar-refractivity contribution is -0.117. The number of fused-ring (bicyclic) bond motifs is 1. The van der Waals surface area contributed by atoms with Crippen LogP contribution in [0.4, 0.5) is 5.69 Å². The molecule has 0 radical (unpaired) electrons. The average Bonchev–Trinajstić information content (AvgIpc) is 3.23. The van der Waals surface area contributed by atoms with Crippen molar-refractivity contribution in [2.75, 3.05) is 18.4 Å². The van der Waals surface area contributed by atoms with Crippen molar-refractivity contribution in [2.45, 2.75) is 25.3 Å². The van der Waals surface area contributed by atoms with Crippen molar-refractivity contribution in [3.05, 3.63) is 75.7 Å². The first-order valence-corrected chi connectivity index (χ1v) is 9.83. The average molecular weight is 396 g/mol. The number of rotatable bonds is 4. The van der Waals surface area contributed by atoms with Crippen molar-refractivity contribution >= 4 is 34.0 Å². The molecule has 2 N–H and O–H groups in total. The summed E-state index contributed by atoms with van der Waals surface area (Å²) in [5.74, 6) is -0.462. The van der Waals surface area contributed by atoms with Gasteiger partial charge in [0.15, 0.2) is 0 Å². The van der Waals surface area contributed by atoms with Crippen molar-refractivity contribution in [3.8, 4) is 0 Å². The Labute approximate surface area is 168 Å². The van der Waals surface area contributed by atoms with Crippen LogP contribution in [0.15, 0.2) is 59.5 Å². The minimum Gasteiger partial charge on any atom is -0.325 e. The summed E-state index contributed by atoms with van der Waals surface area (Å²) in [4.78, 5) is 25.7. The van der Waals surface area contributed by atoms with Crippen molar-refractivity contribution in [1.82, 2.24) is 9.88 Å². The van der Waals surface area contributed by atoms with Gasteiger partial charge in [0, 0.05) is 34.2 Å². The quantitative estimate of drug-likeness (QED) is 0.703. The van der Waals surface area contributed by atoms with Crippen LogP contribution in [0.3, 0.4) is 0 Å². The Kier molecular flexibility index (Phi) is 5.20. The molecule has 0 spiro atoms. The van der Waals surface area contributed by atoms with Crippen molar-refractivity contribution in [2.24, 2.45) is 0 Å². The zero-order valence-electron chi connectivity index (χ0n) is 15.6. The number of hydrogen-bond donors (Lipinski definition) is 2. The number of hydrogen-bond acceptors (Lipinski definition) is 3. The maximum atomic E-state index is 13.0. The summed E-state index contributed by atoms with van der Waals surface area (Å²) in [6.45, 7) is 3.58. The van der Waals surface area contributed by atoms with Gasteiger partial charge in [0.1, 0.15) is 0 Å². The van der Waals surface area contributed by atoms with E-state index < -0.39 is 0 Å². The molecule has 28 heavy (non-hydrogen) atoms. The lowest BCUT2D eigenvalue weighted by atomic mass is 10.00. The fraction of sp³-hybridized carbons (Fsp3) is 0.273. The zero-order valence-corrected chi connectivity index (χ0v) is 16.4. The van der Waals surface area contributed by atoms with E-state index in [1.807, 2.05) is 49.5 Å². The number of aromatic nitrogens is 1. The minimum atomic E-state index is -0.336. The van der Waals surface area contributed by atoms with Crippen LogP contribution in [0.25, 0.3) is 10.8 Å². The summed E-state index contributed by atoms with van der Waals surface area (Å²) in [5.41, 5.74) is 1.52. The van der Waals surface area contributed by atoms with Gasteiger partial charge in [-0.05, 0) is 55.8 Å². The number of carbonyl (C=O) groups is 1. The van der Waals surface area contributed by atoms with E-state index in [0.717, 1.165) is 30.5 Å². The topological polar surface area (TPSA) is 63.1 Å². The summed E-state index contributed by atoms with van der Waals surface area (Å²) in [7, 11) is 0. The van der Waals surface area contributed by atoms with Crippen LogP contribution in [0.1, 0.15) is 30.9 Å². The van der Waals surface area contributed by atoms with E-state index in [4.69, 9.17) is 11.6 Å². The number of nitrogens with zero attached hydrogens (tertiary/aromatic N) is 1. The molecule has 0 saturated carbocycles. The van der Waals surface area contributed by atoms with Crippen LogP contribution >= 0.6 is 11.6 Å². The van der Waals surface area contributed by atoms with Crippen LogP contribution < -0.4 is 16.2 Å². The molecule has 0 aliphatic carbocycles. The smallest absolute Gasteiger partial charge is 0.258 e. The number of nitrogens with one attached hydrogen (secondary N) is 2. The fourth-order valence-corrected chi connectivity index (χ4v) is 3.84. The molecule has 2 atom stereocenters. The first-order chi connectivity index (χ1) is 13.5. The molecule has 1 aliphatic heterocycles. The van der Waals surface area contributed by atoms with Gasteiger partial charge in [-0.3, -0.25) is 9.59 Å². The molecule has 0 bridgehead atoms. The highest BCUT2D eigenvalue weighted by Gasteiger charge is 2.20. The van der Waals surface area contributed by atoms with Crippen LogP contribution in [0.5, 0.6) is 0 Å². The molecule has 3 aromatic rings. The Morgan fingerprint density at radius 2 is 1.96 bits per heavy atom. The van der Waals surface area contributed by atoms with Gasteiger partial charge in [-0.25, -0.2) is 0 Å². The Morgan fingerprint density at radius 3 is 2.68 bits per heavy atom. The maximum absolute atomic E-state index is 13.0. The summed E-state index contributed by atoms with van der Waals surface area (Å²) >= 11 is 5.93. The molecule has 1 saturated heterocycles. The van der Waals surface area contributed by atoms with E-state index in [2.05, 4.69) is 10.6 Å². The third-order valence-electron chi connectivity index (χ3n) is 5.42. The van der Waals surface area contributed by atoms with Gasteiger partial charge in [0.25, 0.3) is 5.56 Å².